The molecule has 1 N–H and O–H groups in total. The van der Waals surface area contributed by atoms with E-state index >= 15 is 0 Å². The van der Waals surface area contributed by atoms with Crippen LogP contribution in [0, 0.1) is 11.6 Å². The lowest BCUT2D eigenvalue weighted by atomic mass is 10.1. The van der Waals surface area contributed by atoms with E-state index in [1.165, 1.54) is 30.5 Å². The number of benzene rings is 2. The van der Waals surface area contributed by atoms with E-state index in [2.05, 4.69) is 15.5 Å². The number of aromatic nitrogens is 2. The summed E-state index contributed by atoms with van der Waals surface area (Å²) >= 11 is 0. The summed E-state index contributed by atoms with van der Waals surface area (Å²) in [5, 5.41) is 10.3. The molecule has 9 heteroatoms. The van der Waals surface area contributed by atoms with Crippen molar-refractivity contribution in [2.75, 3.05) is 11.9 Å². The minimum absolute atomic E-state index is 0.0452. The van der Waals surface area contributed by atoms with E-state index in [-0.39, 0.29) is 28.8 Å². The predicted molar refractivity (Wildman–Crippen MR) is 108 cm³/mol. The molecule has 0 saturated heterocycles. The smallest absolute Gasteiger partial charge is 0.283 e. The van der Waals surface area contributed by atoms with Gasteiger partial charge in [-0.2, -0.15) is 0 Å². The monoisotopic (exact) mass is 425 g/mol. The standard InChI is InChI=1S/C22H17F2N3O4/c1-2-9-29-18-8-6-14(23)12-15(18)20(28)25-17-11-13(5-7-16(17)24)21-26-27-22(31-21)19-4-3-10-30-19/h3-8,10-12H,2,9H2,1H3,(H,25,28). The molecule has 0 spiro atoms. The Kier molecular flexibility index (Phi) is 5.74. The second-order valence-electron chi connectivity index (χ2n) is 6.53. The Morgan fingerprint density at radius 1 is 1.10 bits per heavy atom. The predicted octanol–water partition coefficient (Wildman–Crippen LogP) is 5.32. The molecule has 4 rings (SSSR count). The molecule has 0 aliphatic heterocycles. The van der Waals surface area contributed by atoms with Crippen molar-refractivity contribution in [3.8, 4) is 28.9 Å². The Balaban J connectivity index is 1.60. The zero-order valence-electron chi connectivity index (χ0n) is 16.4. The molecule has 0 unspecified atom stereocenters. The fourth-order valence-electron chi connectivity index (χ4n) is 2.80. The topological polar surface area (TPSA) is 90.4 Å². The molecular formula is C22H17F2N3O4. The first-order valence-electron chi connectivity index (χ1n) is 9.46. The molecular weight excluding hydrogens is 408 g/mol. The number of hydrogen-bond acceptors (Lipinski definition) is 6. The number of anilines is 1. The molecule has 0 radical (unpaired) electrons. The average molecular weight is 425 g/mol. The van der Waals surface area contributed by atoms with Crippen LogP contribution in [0.25, 0.3) is 23.1 Å². The third-order valence-electron chi connectivity index (χ3n) is 4.27. The highest BCUT2D eigenvalue weighted by Crippen LogP contribution is 2.28. The van der Waals surface area contributed by atoms with Crippen molar-refractivity contribution in [3.63, 3.8) is 0 Å². The first-order chi connectivity index (χ1) is 15.0. The van der Waals surface area contributed by atoms with Crippen molar-refractivity contribution < 1.29 is 27.1 Å². The summed E-state index contributed by atoms with van der Waals surface area (Å²) in [5.41, 5.74) is 0.200. The minimum atomic E-state index is -0.719. The van der Waals surface area contributed by atoms with Gasteiger partial charge in [-0.15, -0.1) is 10.2 Å². The number of carbonyl (C=O) groups is 1. The maximum Gasteiger partial charge on any atom is 0.283 e. The molecule has 1 amide bonds. The van der Waals surface area contributed by atoms with Crippen LogP contribution < -0.4 is 10.1 Å². The molecule has 2 heterocycles. The lowest BCUT2D eigenvalue weighted by Crippen LogP contribution is -2.15. The zero-order chi connectivity index (χ0) is 21.8. The Morgan fingerprint density at radius 3 is 2.71 bits per heavy atom. The van der Waals surface area contributed by atoms with Crippen LogP contribution in [-0.4, -0.2) is 22.7 Å². The van der Waals surface area contributed by atoms with Gasteiger partial charge in [-0.1, -0.05) is 6.92 Å². The van der Waals surface area contributed by atoms with Crippen molar-refractivity contribution in [1.82, 2.24) is 10.2 Å². The molecule has 0 fully saturated rings. The second kappa shape index (κ2) is 8.78. The number of nitrogens with one attached hydrogen (secondary N) is 1. The van der Waals surface area contributed by atoms with Crippen LogP contribution >= 0.6 is 0 Å². The summed E-state index contributed by atoms with van der Waals surface area (Å²) in [6.45, 7) is 2.25. The molecule has 4 aromatic rings. The highest BCUT2D eigenvalue weighted by Gasteiger charge is 2.18. The van der Waals surface area contributed by atoms with Gasteiger partial charge in [0.1, 0.15) is 17.4 Å². The van der Waals surface area contributed by atoms with Crippen molar-refractivity contribution in [2.24, 2.45) is 0 Å². The number of amides is 1. The molecule has 31 heavy (non-hydrogen) atoms. The van der Waals surface area contributed by atoms with Gasteiger partial charge in [0.2, 0.25) is 5.89 Å². The lowest BCUT2D eigenvalue weighted by Gasteiger charge is -2.12. The van der Waals surface area contributed by atoms with Crippen molar-refractivity contribution >= 4 is 11.6 Å². The van der Waals surface area contributed by atoms with Gasteiger partial charge in [-0.05, 0) is 55.0 Å². The van der Waals surface area contributed by atoms with Gasteiger partial charge in [0.05, 0.1) is 24.1 Å². The average Bonchev–Trinajstić information content (AvgIpc) is 3.46. The largest absolute Gasteiger partial charge is 0.493 e. The number of rotatable bonds is 7. The third-order valence-corrected chi connectivity index (χ3v) is 4.27. The fourth-order valence-corrected chi connectivity index (χ4v) is 2.80. The maximum absolute atomic E-state index is 14.4. The Hall–Kier alpha value is -4.01. The number of ether oxygens (including phenoxy) is 1. The Morgan fingerprint density at radius 2 is 1.94 bits per heavy atom. The van der Waals surface area contributed by atoms with Crippen LogP contribution in [0.1, 0.15) is 23.7 Å². The second-order valence-corrected chi connectivity index (χ2v) is 6.53. The van der Waals surface area contributed by atoms with Crippen LogP contribution in [0.2, 0.25) is 0 Å². The quantitative estimate of drug-likeness (QED) is 0.431. The SMILES string of the molecule is CCCOc1ccc(F)cc1C(=O)Nc1cc(-c2nnc(-c3ccco3)o2)ccc1F. The molecule has 7 nitrogen and oxygen atoms in total. The van der Waals surface area contributed by atoms with Crippen LogP contribution in [-0.2, 0) is 0 Å². The Labute approximate surface area is 175 Å². The molecule has 2 aromatic heterocycles. The van der Waals surface area contributed by atoms with Crippen LogP contribution in [0.4, 0.5) is 14.5 Å². The number of halogens is 2. The van der Waals surface area contributed by atoms with Crippen molar-refractivity contribution in [1.29, 1.82) is 0 Å². The van der Waals surface area contributed by atoms with E-state index in [1.807, 2.05) is 6.92 Å². The summed E-state index contributed by atoms with van der Waals surface area (Å²) < 4.78 is 44.3. The molecule has 0 saturated carbocycles. The van der Waals surface area contributed by atoms with Crippen molar-refractivity contribution in [2.45, 2.75) is 13.3 Å². The lowest BCUT2D eigenvalue weighted by molar-refractivity contribution is 0.102. The molecule has 0 bridgehead atoms. The third kappa shape index (κ3) is 4.45. The van der Waals surface area contributed by atoms with Crippen molar-refractivity contribution in [3.05, 3.63) is 72.0 Å². The van der Waals surface area contributed by atoms with Crippen LogP contribution in [0.5, 0.6) is 5.75 Å². The highest BCUT2D eigenvalue weighted by molar-refractivity contribution is 6.06. The van der Waals surface area contributed by atoms with Gasteiger partial charge in [0, 0.05) is 5.56 Å². The maximum atomic E-state index is 14.4. The fraction of sp³-hybridized carbons (Fsp3) is 0.136. The first kappa shape index (κ1) is 20.3. The summed E-state index contributed by atoms with van der Waals surface area (Å²) in [5.74, 6) is -1.15. The number of furan rings is 1. The van der Waals surface area contributed by atoms with E-state index in [9.17, 15) is 13.6 Å². The van der Waals surface area contributed by atoms with E-state index in [4.69, 9.17) is 13.6 Å². The van der Waals surface area contributed by atoms with E-state index in [1.54, 1.807) is 12.1 Å². The summed E-state index contributed by atoms with van der Waals surface area (Å²) in [6, 6.07) is 10.9. The van der Waals surface area contributed by atoms with Gasteiger partial charge in [-0.25, -0.2) is 8.78 Å². The zero-order valence-corrected chi connectivity index (χ0v) is 16.4. The molecule has 158 valence electrons. The molecule has 0 aliphatic rings. The van der Waals surface area contributed by atoms with Gasteiger partial charge in [0.25, 0.3) is 11.8 Å². The van der Waals surface area contributed by atoms with E-state index in [0.29, 0.717) is 24.4 Å². The van der Waals surface area contributed by atoms with Gasteiger partial charge >= 0.3 is 0 Å². The van der Waals surface area contributed by atoms with Gasteiger partial charge in [0.15, 0.2) is 5.76 Å². The Bertz CT molecular complexity index is 1210. The molecule has 2 aromatic carbocycles. The van der Waals surface area contributed by atoms with Gasteiger partial charge in [-0.3, -0.25) is 4.79 Å². The van der Waals surface area contributed by atoms with Crippen LogP contribution in [0.15, 0.2) is 63.6 Å². The number of hydrogen-bond donors (Lipinski definition) is 1. The number of nitrogens with zero attached hydrogens (tertiary/aromatic N) is 2. The molecule has 0 aliphatic carbocycles. The molecule has 0 atom stereocenters. The van der Waals surface area contributed by atoms with Gasteiger partial charge < -0.3 is 18.9 Å². The van der Waals surface area contributed by atoms with E-state index in [0.717, 1.165) is 12.1 Å². The van der Waals surface area contributed by atoms with E-state index < -0.39 is 17.5 Å². The minimum Gasteiger partial charge on any atom is -0.493 e. The summed E-state index contributed by atoms with van der Waals surface area (Å²) in [7, 11) is 0. The first-order valence-corrected chi connectivity index (χ1v) is 9.46. The normalized spacial score (nSPS) is 10.8. The van der Waals surface area contributed by atoms with Crippen LogP contribution in [0.3, 0.4) is 0 Å². The summed E-state index contributed by atoms with van der Waals surface area (Å²) in [6.07, 6.45) is 2.18. The summed E-state index contributed by atoms with van der Waals surface area (Å²) in [4.78, 5) is 12.7. The highest BCUT2D eigenvalue weighted by atomic mass is 19.1. The number of carbonyl (C=O) groups excluding carboxylic acids is 1.